The number of carbonyl (C=O) groups excluding carboxylic acids is 1. The molecule has 4 rings (SSSR count). The zero-order valence-electron chi connectivity index (χ0n) is 13.6. The second kappa shape index (κ2) is 6.11. The molecule has 0 unspecified atom stereocenters. The zero-order valence-corrected chi connectivity index (χ0v) is 13.6. The SMILES string of the molecule is O=C1NC(c2cccc3ccccc23)=N[C@@]12O[C@H](CO)[C@@H](O)[C@H](O)[C@H]2O. The molecule has 0 bridgehead atoms. The first kappa shape index (κ1) is 17.1. The average Bonchev–Trinajstić information content (AvgIpc) is 2.99. The van der Waals surface area contributed by atoms with E-state index in [1.54, 1.807) is 6.07 Å². The number of fused-ring (bicyclic) bond motifs is 1. The number of amides is 1. The molecule has 5 atom stereocenters. The Hall–Kier alpha value is -2.36. The van der Waals surface area contributed by atoms with Gasteiger partial charge in [0.05, 0.1) is 6.61 Å². The molecule has 136 valence electrons. The molecule has 1 amide bonds. The van der Waals surface area contributed by atoms with Crippen molar-refractivity contribution >= 4 is 22.5 Å². The minimum atomic E-state index is -2.13. The molecule has 0 radical (unpaired) electrons. The summed E-state index contributed by atoms with van der Waals surface area (Å²) in [5.41, 5.74) is -1.50. The molecular formula is C18H18N2O6. The van der Waals surface area contributed by atoms with Gasteiger partial charge in [-0.3, -0.25) is 4.79 Å². The van der Waals surface area contributed by atoms with Crippen LogP contribution >= 0.6 is 0 Å². The fraction of sp³-hybridized carbons (Fsp3) is 0.333. The first-order chi connectivity index (χ1) is 12.5. The third-order valence-corrected chi connectivity index (χ3v) is 4.85. The lowest BCUT2D eigenvalue weighted by Crippen LogP contribution is -2.67. The summed E-state index contributed by atoms with van der Waals surface area (Å²) >= 11 is 0. The Bertz CT molecular complexity index is 893. The molecular weight excluding hydrogens is 340 g/mol. The Morgan fingerprint density at radius 1 is 1.08 bits per heavy atom. The summed E-state index contributed by atoms with van der Waals surface area (Å²) in [6.07, 6.45) is -6.27. The molecule has 2 aliphatic heterocycles. The van der Waals surface area contributed by atoms with Crippen molar-refractivity contribution in [1.82, 2.24) is 5.32 Å². The molecule has 2 aromatic carbocycles. The van der Waals surface area contributed by atoms with Crippen molar-refractivity contribution in [2.45, 2.75) is 30.1 Å². The average molecular weight is 358 g/mol. The molecule has 8 heteroatoms. The number of ether oxygens (including phenoxy) is 1. The van der Waals surface area contributed by atoms with Gasteiger partial charge >= 0.3 is 0 Å². The van der Waals surface area contributed by atoms with Crippen LogP contribution < -0.4 is 5.32 Å². The van der Waals surface area contributed by atoms with Gasteiger partial charge in [0.1, 0.15) is 30.3 Å². The minimum Gasteiger partial charge on any atom is -0.394 e. The van der Waals surface area contributed by atoms with E-state index in [9.17, 15) is 25.2 Å². The molecule has 1 fully saturated rings. The first-order valence-electron chi connectivity index (χ1n) is 8.20. The number of aliphatic hydroxyl groups is 4. The largest absolute Gasteiger partial charge is 0.394 e. The van der Waals surface area contributed by atoms with Gasteiger partial charge < -0.3 is 30.5 Å². The van der Waals surface area contributed by atoms with Crippen LogP contribution in [0.4, 0.5) is 0 Å². The van der Waals surface area contributed by atoms with Gasteiger partial charge in [-0.2, -0.15) is 0 Å². The molecule has 0 aromatic heterocycles. The molecule has 1 spiro atoms. The van der Waals surface area contributed by atoms with E-state index < -0.39 is 42.7 Å². The molecule has 1 saturated heterocycles. The summed E-state index contributed by atoms with van der Waals surface area (Å²) < 4.78 is 5.45. The van der Waals surface area contributed by atoms with Crippen molar-refractivity contribution in [3.8, 4) is 0 Å². The van der Waals surface area contributed by atoms with Gasteiger partial charge in [-0.1, -0.05) is 42.5 Å². The van der Waals surface area contributed by atoms with Crippen molar-refractivity contribution in [3.05, 3.63) is 48.0 Å². The maximum atomic E-state index is 12.6. The van der Waals surface area contributed by atoms with Crippen molar-refractivity contribution < 1.29 is 30.0 Å². The Balaban J connectivity index is 1.82. The molecule has 2 aromatic rings. The van der Waals surface area contributed by atoms with Crippen molar-refractivity contribution in [3.63, 3.8) is 0 Å². The molecule has 8 nitrogen and oxygen atoms in total. The normalized spacial score (nSPS) is 34.2. The van der Waals surface area contributed by atoms with E-state index in [0.29, 0.717) is 5.56 Å². The van der Waals surface area contributed by atoms with Crippen LogP contribution in [0.1, 0.15) is 5.56 Å². The quantitative estimate of drug-likeness (QED) is 0.462. The second-order valence-corrected chi connectivity index (χ2v) is 6.40. The third kappa shape index (κ3) is 2.35. The predicted molar refractivity (Wildman–Crippen MR) is 91.3 cm³/mol. The Kier molecular flexibility index (Phi) is 4.02. The van der Waals surface area contributed by atoms with Gasteiger partial charge in [-0.15, -0.1) is 0 Å². The smallest absolute Gasteiger partial charge is 0.283 e. The number of nitrogens with one attached hydrogen (secondary N) is 1. The van der Waals surface area contributed by atoms with E-state index in [2.05, 4.69) is 10.3 Å². The number of aliphatic imine (C=N–C) groups is 1. The fourth-order valence-electron chi connectivity index (χ4n) is 3.44. The lowest BCUT2D eigenvalue weighted by molar-refractivity contribution is -0.261. The topological polar surface area (TPSA) is 132 Å². The Labute approximate surface area is 148 Å². The number of amidine groups is 1. The highest BCUT2D eigenvalue weighted by Crippen LogP contribution is 2.35. The van der Waals surface area contributed by atoms with Crippen molar-refractivity contribution in [2.75, 3.05) is 6.61 Å². The van der Waals surface area contributed by atoms with Crippen LogP contribution in [0, 0.1) is 0 Å². The van der Waals surface area contributed by atoms with E-state index in [1.807, 2.05) is 36.4 Å². The Morgan fingerprint density at radius 2 is 1.81 bits per heavy atom. The van der Waals surface area contributed by atoms with Gasteiger partial charge in [0, 0.05) is 5.56 Å². The maximum Gasteiger partial charge on any atom is 0.283 e. The Morgan fingerprint density at radius 3 is 2.58 bits per heavy atom. The monoisotopic (exact) mass is 358 g/mol. The lowest BCUT2D eigenvalue weighted by atomic mass is 9.91. The van der Waals surface area contributed by atoms with Gasteiger partial charge in [0.15, 0.2) is 0 Å². The highest BCUT2D eigenvalue weighted by atomic mass is 16.6. The first-order valence-corrected chi connectivity index (χ1v) is 8.20. The highest BCUT2D eigenvalue weighted by Gasteiger charge is 2.60. The van der Waals surface area contributed by atoms with E-state index in [4.69, 9.17) is 4.74 Å². The van der Waals surface area contributed by atoms with E-state index >= 15 is 0 Å². The van der Waals surface area contributed by atoms with Crippen molar-refractivity contribution in [1.29, 1.82) is 0 Å². The number of aliphatic hydroxyl groups excluding tert-OH is 4. The van der Waals surface area contributed by atoms with Crippen LogP contribution in [0.5, 0.6) is 0 Å². The number of rotatable bonds is 2. The van der Waals surface area contributed by atoms with E-state index in [1.165, 1.54) is 0 Å². The van der Waals surface area contributed by atoms with Crippen LogP contribution in [0.25, 0.3) is 10.8 Å². The van der Waals surface area contributed by atoms with Crippen LogP contribution in [-0.4, -0.2) is 68.9 Å². The number of benzene rings is 2. The van der Waals surface area contributed by atoms with Crippen LogP contribution in [0.15, 0.2) is 47.5 Å². The third-order valence-electron chi connectivity index (χ3n) is 4.85. The molecule has 0 saturated carbocycles. The number of nitrogens with zero attached hydrogens (tertiary/aromatic N) is 1. The summed E-state index contributed by atoms with van der Waals surface area (Å²) in [6.45, 7) is -0.640. The van der Waals surface area contributed by atoms with Gasteiger partial charge in [-0.25, -0.2) is 4.99 Å². The molecule has 26 heavy (non-hydrogen) atoms. The molecule has 2 heterocycles. The molecule has 0 aliphatic carbocycles. The summed E-state index contributed by atoms with van der Waals surface area (Å²) in [6, 6.07) is 13.0. The number of hydrogen-bond acceptors (Lipinski definition) is 7. The second-order valence-electron chi connectivity index (χ2n) is 6.40. The minimum absolute atomic E-state index is 0.186. The van der Waals surface area contributed by atoms with Gasteiger partial charge in [-0.05, 0) is 10.8 Å². The summed E-state index contributed by atoms with van der Waals surface area (Å²) in [5.74, 6) is -0.580. The summed E-state index contributed by atoms with van der Waals surface area (Å²) in [7, 11) is 0. The standard InChI is InChI=1S/C18H18N2O6/c21-8-12-13(22)14(23)15(24)18(26-12)17(25)19-16(20-18)11-7-3-5-9-4-1-2-6-10(9)11/h1-7,12-15,21-24H,8H2,(H,19,20,25)/t12-,13-,14+,15-,18+/m1/s1. The van der Waals surface area contributed by atoms with Crippen LogP contribution in [0.2, 0.25) is 0 Å². The zero-order chi connectivity index (χ0) is 18.5. The van der Waals surface area contributed by atoms with Gasteiger partial charge in [0.2, 0.25) is 0 Å². The highest BCUT2D eigenvalue weighted by molar-refractivity contribution is 6.19. The molecule has 5 N–H and O–H groups in total. The fourth-order valence-corrected chi connectivity index (χ4v) is 3.44. The number of hydrogen-bond donors (Lipinski definition) is 5. The lowest BCUT2D eigenvalue weighted by Gasteiger charge is -2.43. The van der Waals surface area contributed by atoms with E-state index in [0.717, 1.165) is 10.8 Å². The van der Waals surface area contributed by atoms with E-state index in [-0.39, 0.29) is 5.84 Å². The summed E-state index contributed by atoms with van der Waals surface area (Å²) in [5, 5.41) is 44.1. The van der Waals surface area contributed by atoms with Crippen LogP contribution in [-0.2, 0) is 9.53 Å². The molecule has 2 aliphatic rings. The summed E-state index contributed by atoms with van der Waals surface area (Å²) in [4.78, 5) is 16.9. The van der Waals surface area contributed by atoms with Crippen LogP contribution in [0.3, 0.4) is 0 Å². The predicted octanol–water partition coefficient (Wildman–Crippen LogP) is -1.11. The van der Waals surface area contributed by atoms with Gasteiger partial charge in [0.25, 0.3) is 11.6 Å². The number of carbonyl (C=O) groups is 1. The maximum absolute atomic E-state index is 12.6. The van der Waals surface area contributed by atoms with Crippen molar-refractivity contribution in [2.24, 2.45) is 4.99 Å².